The van der Waals surface area contributed by atoms with Gasteiger partial charge < -0.3 is 14.5 Å². The number of nitrogens with zero attached hydrogens (tertiary/aromatic N) is 2. The molecule has 6 nitrogen and oxygen atoms in total. The van der Waals surface area contributed by atoms with E-state index in [1.54, 1.807) is 6.92 Å². The number of thioether (sulfide) groups is 1. The molecule has 8 heteroatoms. The highest BCUT2D eigenvalue weighted by molar-refractivity contribution is 7.99. The van der Waals surface area contributed by atoms with Crippen LogP contribution in [0.2, 0.25) is 0 Å². The van der Waals surface area contributed by atoms with Crippen molar-refractivity contribution >= 4 is 17.7 Å². The molecule has 0 radical (unpaired) electrons. The number of aromatic nitrogens is 2. The predicted octanol–water partition coefficient (Wildman–Crippen LogP) is 4.92. The molecule has 1 aromatic heterocycles. The second-order valence-electron chi connectivity index (χ2n) is 7.41. The van der Waals surface area contributed by atoms with E-state index in [0.717, 1.165) is 6.42 Å². The van der Waals surface area contributed by atoms with Gasteiger partial charge in [-0.05, 0) is 54.7 Å². The first-order valence-corrected chi connectivity index (χ1v) is 11.1. The van der Waals surface area contributed by atoms with E-state index in [4.69, 9.17) is 9.15 Å². The Labute approximate surface area is 185 Å². The van der Waals surface area contributed by atoms with Crippen molar-refractivity contribution in [3.8, 4) is 5.75 Å². The average Bonchev–Trinajstić information content (AvgIpc) is 3.23. The van der Waals surface area contributed by atoms with E-state index in [-0.39, 0.29) is 23.4 Å². The number of hydrogen-bond acceptors (Lipinski definition) is 6. The lowest BCUT2D eigenvalue weighted by Crippen LogP contribution is -2.27. The number of hydrogen-bond donors (Lipinski definition) is 1. The monoisotopic (exact) mass is 443 g/mol. The maximum absolute atomic E-state index is 13.0. The second-order valence-corrected chi connectivity index (χ2v) is 8.33. The molecule has 1 heterocycles. The second kappa shape index (κ2) is 10.9. The van der Waals surface area contributed by atoms with Gasteiger partial charge >= 0.3 is 0 Å². The molecule has 0 aliphatic heterocycles. The van der Waals surface area contributed by atoms with E-state index >= 15 is 0 Å². The lowest BCUT2D eigenvalue weighted by atomic mass is 10.0. The summed E-state index contributed by atoms with van der Waals surface area (Å²) in [4.78, 5) is 12.1. The Morgan fingerprint density at radius 1 is 1.10 bits per heavy atom. The first-order chi connectivity index (χ1) is 14.9. The highest BCUT2D eigenvalue weighted by Gasteiger charge is 2.17. The van der Waals surface area contributed by atoms with Gasteiger partial charge in [-0.2, -0.15) is 0 Å². The smallest absolute Gasteiger partial charge is 0.277 e. The molecule has 1 atom stereocenters. The van der Waals surface area contributed by atoms with Gasteiger partial charge in [0.1, 0.15) is 11.6 Å². The molecular weight excluding hydrogens is 417 g/mol. The van der Waals surface area contributed by atoms with Gasteiger partial charge in [0.15, 0.2) is 6.10 Å². The van der Waals surface area contributed by atoms with Gasteiger partial charge in [0, 0.05) is 6.54 Å². The van der Waals surface area contributed by atoms with Crippen LogP contribution < -0.4 is 10.1 Å². The highest BCUT2D eigenvalue weighted by Crippen LogP contribution is 2.24. The fourth-order valence-corrected chi connectivity index (χ4v) is 3.40. The number of nitrogens with one attached hydrogen (secondary N) is 1. The number of rotatable bonds is 10. The van der Waals surface area contributed by atoms with Gasteiger partial charge in [-0.1, -0.05) is 49.9 Å². The Bertz CT molecular complexity index is 974. The molecule has 1 amide bonds. The molecule has 0 saturated heterocycles. The average molecular weight is 444 g/mol. The largest absolute Gasteiger partial charge is 0.481 e. The van der Waals surface area contributed by atoms with Crippen LogP contribution in [0.1, 0.15) is 49.8 Å². The molecule has 0 saturated carbocycles. The van der Waals surface area contributed by atoms with E-state index in [9.17, 15) is 9.18 Å². The van der Waals surface area contributed by atoms with E-state index in [2.05, 4.69) is 53.6 Å². The van der Waals surface area contributed by atoms with Crippen molar-refractivity contribution in [1.29, 1.82) is 0 Å². The van der Waals surface area contributed by atoms with Crippen LogP contribution in [0.25, 0.3) is 0 Å². The number of carbonyl (C=O) groups excluding carboxylic acids is 1. The quantitative estimate of drug-likeness (QED) is 0.448. The van der Waals surface area contributed by atoms with Crippen molar-refractivity contribution in [2.24, 2.45) is 0 Å². The Balaban J connectivity index is 1.39. The van der Waals surface area contributed by atoms with Gasteiger partial charge in [-0.25, -0.2) is 4.39 Å². The van der Waals surface area contributed by atoms with Gasteiger partial charge in [0.05, 0.1) is 5.75 Å². The van der Waals surface area contributed by atoms with Gasteiger partial charge in [-0.15, -0.1) is 10.2 Å². The molecule has 3 rings (SSSR count). The third-order valence-corrected chi connectivity index (χ3v) is 5.42. The molecule has 2 aromatic carbocycles. The molecule has 1 unspecified atom stereocenters. The maximum Gasteiger partial charge on any atom is 0.277 e. The zero-order valence-electron chi connectivity index (χ0n) is 17.8. The van der Waals surface area contributed by atoms with Crippen LogP contribution >= 0.6 is 11.8 Å². The number of amides is 1. The maximum atomic E-state index is 13.0. The van der Waals surface area contributed by atoms with Crippen molar-refractivity contribution < 1.29 is 18.3 Å². The van der Waals surface area contributed by atoms with Crippen molar-refractivity contribution in [3.05, 3.63) is 71.4 Å². The number of halogens is 1. The van der Waals surface area contributed by atoms with Crippen LogP contribution in [0.15, 0.2) is 58.2 Å². The molecular formula is C23H26FN3O3S. The van der Waals surface area contributed by atoms with Gasteiger partial charge in [0.25, 0.3) is 11.1 Å². The summed E-state index contributed by atoms with van der Waals surface area (Å²) in [6.45, 7) is 6.65. The third-order valence-electron chi connectivity index (χ3n) is 4.61. The summed E-state index contributed by atoms with van der Waals surface area (Å²) in [5, 5.41) is 11.1. The molecule has 0 fully saturated rings. The van der Waals surface area contributed by atoms with Crippen LogP contribution in [0.5, 0.6) is 5.75 Å². The summed E-state index contributed by atoms with van der Waals surface area (Å²) in [6, 6.07) is 14.2. The fourth-order valence-electron chi connectivity index (χ4n) is 2.80. The number of carbonyl (C=O) groups is 1. The summed E-state index contributed by atoms with van der Waals surface area (Å²) in [7, 11) is 0. The van der Waals surface area contributed by atoms with Crippen LogP contribution in [0.4, 0.5) is 4.39 Å². The zero-order chi connectivity index (χ0) is 22.2. The Kier molecular flexibility index (Phi) is 8.06. The summed E-state index contributed by atoms with van der Waals surface area (Å²) in [5.74, 6) is 1.05. The lowest BCUT2D eigenvalue weighted by Gasteiger charge is -2.10. The molecule has 3 aromatic rings. The molecule has 1 N–H and O–H groups in total. The summed E-state index contributed by atoms with van der Waals surface area (Å²) >= 11 is 1.17. The first-order valence-electron chi connectivity index (χ1n) is 10.1. The number of ether oxygens (including phenoxy) is 1. The SMILES string of the molecule is CC(C)c1ccc(CCNC(=O)CSc2nnc(C(C)Oc3ccc(F)cc3)o2)cc1. The molecule has 0 bridgehead atoms. The van der Waals surface area contributed by atoms with Crippen LogP contribution in [-0.4, -0.2) is 28.4 Å². The van der Waals surface area contributed by atoms with Crippen LogP contribution in [0, 0.1) is 5.82 Å². The van der Waals surface area contributed by atoms with Gasteiger partial charge in [0.2, 0.25) is 5.91 Å². The summed E-state index contributed by atoms with van der Waals surface area (Å²) in [5.41, 5.74) is 2.49. The van der Waals surface area contributed by atoms with E-state index < -0.39 is 6.10 Å². The molecule has 0 aliphatic carbocycles. The van der Waals surface area contributed by atoms with Crippen LogP contribution in [0.3, 0.4) is 0 Å². The minimum atomic E-state index is -0.497. The third kappa shape index (κ3) is 7.10. The van der Waals surface area contributed by atoms with Crippen molar-refractivity contribution in [3.63, 3.8) is 0 Å². The minimum Gasteiger partial charge on any atom is -0.481 e. The topological polar surface area (TPSA) is 77.2 Å². The molecule has 0 spiro atoms. The standard InChI is InChI=1S/C23H26FN3O3S/c1-15(2)18-6-4-17(5-7-18)12-13-25-21(28)14-31-23-27-26-22(30-23)16(3)29-20-10-8-19(24)9-11-20/h4-11,15-16H,12-14H2,1-3H3,(H,25,28). The van der Waals surface area contributed by atoms with E-state index in [1.165, 1.54) is 47.2 Å². The highest BCUT2D eigenvalue weighted by atomic mass is 32.2. The lowest BCUT2D eigenvalue weighted by molar-refractivity contribution is -0.118. The van der Waals surface area contributed by atoms with E-state index in [1.807, 2.05) is 0 Å². The Morgan fingerprint density at radius 2 is 1.81 bits per heavy atom. The summed E-state index contributed by atoms with van der Waals surface area (Å²) in [6.07, 6.45) is 0.279. The Hall–Kier alpha value is -2.87. The number of benzene rings is 2. The van der Waals surface area contributed by atoms with Crippen LogP contribution in [-0.2, 0) is 11.2 Å². The predicted molar refractivity (Wildman–Crippen MR) is 118 cm³/mol. The van der Waals surface area contributed by atoms with Gasteiger partial charge in [-0.3, -0.25) is 4.79 Å². The van der Waals surface area contributed by atoms with Crippen molar-refractivity contribution in [2.45, 2.75) is 44.4 Å². The van der Waals surface area contributed by atoms with E-state index in [0.29, 0.717) is 23.4 Å². The summed E-state index contributed by atoms with van der Waals surface area (Å²) < 4.78 is 24.2. The molecule has 164 valence electrons. The zero-order valence-corrected chi connectivity index (χ0v) is 18.6. The fraction of sp³-hybridized carbons (Fsp3) is 0.348. The molecule has 0 aliphatic rings. The van der Waals surface area contributed by atoms with Crippen molar-refractivity contribution in [2.75, 3.05) is 12.3 Å². The normalized spacial score (nSPS) is 12.0. The minimum absolute atomic E-state index is 0.0980. The van der Waals surface area contributed by atoms with Crippen molar-refractivity contribution in [1.82, 2.24) is 15.5 Å². The first kappa shape index (κ1) is 22.8. The Morgan fingerprint density at radius 3 is 2.48 bits per heavy atom. The molecule has 31 heavy (non-hydrogen) atoms.